The Morgan fingerprint density at radius 2 is 1.90 bits per heavy atom. The van der Waals surface area contributed by atoms with E-state index in [0.717, 1.165) is 37.6 Å². The van der Waals surface area contributed by atoms with Gasteiger partial charge in [0.25, 0.3) is 0 Å². The van der Waals surface area contributed by atoms with Crippen LogP contribution in [0.1, 0.15) is 24.0 Å². The van der Waals surface area contributed by atoms with E-state index < -0.39 is 11.6 Å². The van der Waals surface area contributed by atoms with E-state index in [1.807, 2.05) is 6.07 Å². The van der Waals surface area contributed by atoms with E-state index in [2.05, 4.69) is 20.5 Å². The van der Waals surface area contributed by atoms with E-state index in [1.165, 1.54) is 19.2 Å². The zero-order chi connectivity index (χ0) is 22.2. The third-order valence-corrected chi connectivity index (χ3v) is 5.49. The summed E-state index contributed by atoms with van der Waals surface area (Å²) in [5, 5.41) is 6.56. The number of likely N-dealkylation sites (tertiary alicyclic amines) is 1. The van der Waals surface area contributed by atoms with E-state index in [4.69, 9.17) is 4.74 Å². The second-order valence-electron chi connectivity index (χ2n) is 7.63. The first-order valence-electron chi connectivity index (χ1n) is 10.4. The fourth-order valence-electron chi connectivity index (χ4n) is 3.75. The van der Waals surface area contributed by atoms with Crippen molar-refractivity contribution in [2.75, 3.05) is 33.8 Å². The van der Waals surface area contributed by atoms with Gasteiger partial charge < -0.3 is 15.4 Å². The molecule has 0 radical (unpaired) electrons. The predicted octanol–water partition coefficient (Wildman–Crippen LogP) is 3.48. The molecule has 1 saturated heterocycles. The van der Waals surface area contributed by atoms with Gasteiger partial charge in [0.1, 0.15) is 0 Å². The fourth-order valence-corrected chi connectivity index (χ4v) is 3.75. The third-order valence-electron chi connectivity index (χ3n) is 5.49. The predicted molar refractivity (Wildman–Crippen MR) is 116 cm³/mol. The zero-order valence-electron chi connectivity index (χ0n) is 17.9. The number of guanidine groups is 1. The van der Waals surface area contributed by atoms with Gasteiger partial charge in [-0.05, 0) is 48.6 Å². The molecular formula is C23H29F3N4O. The number of halogens is 3. The molecule has 1 fully saturated rings. The van der Waals surface area contributed by atoms with Crippen LogP contribution in [0.2, 0.25) is 0 Å². The molecule has 0 unspecified atom stereocenters. The SMILES string of the molecule is CN=C(NCCc1cccc(F)c1F)NC1CCN(Cc2ccc(OC)c(F)c2)CC1. The van der Waals surface area contributed by atoms with E-state index in [0.29, 0.717) is 31.0 Å². The van der Waals surface area contributed by atoms with Crippen LogP contribution in [0.15, 0.2) is 41.4 Å². The maximum atomic E-state index is 13.9. The lowest BCUT2D eigenvalue weighted by Crippen LogP contribution is -2.48. The fraction of sp³-hybridized carbons (Fsp3) is 0.435. The quantitative estimate of drug-likeness (QED) is 0.518. The van der Waals surface area contributed by atoms with Gasteiger partial charge in [-0.2, -0.15) is 0 Å². The molecule has 0 bridgehead atoms. The minimum Gasteiger partial charge on any atom is -0.494 e. The molecule has 8 heteroatoms. The van der Waals surface area contributed by atoms with Crippen molar-refractivity contribution >= 4 is 5.96 Å². The van der Waals surface area contributed by atoms with Gasteiger partial charge in [0, 0.05) is 39.3 Å². The molecule has 0 aromatic heterocycles. The summed E-state index contributed by atoms with van der Waals surface area (Å²) in [7, 11) is 3.14. The van der Waals surface area contributed by atoms with Gasteiger partial charge in [-0.25, -0.2) is 13.2 Å². The molecule has 0 saturated carbocycles. The second kappa shape index (κ2) is 11.0. The lowest BCUT2D eigenvalue weighted by molar-refractivity contribution is 0.198. The lowest BCUT2D eigenvalue weighted by atomic mass is 10.0. The van der Waals surface area contributed by atoms with Crippen molar-refractivity contribution < 1.29 is 17.9 Å². The average Bonchev–Trinajstić information content (AvgIpc) is 2.77. The maximum absolute atomic E-state index is 13.9. The number of hydrogen-bond donors (Lipinski definition) is 2. The molecule has 2 aromatic carbocycles. The first-order valence-corrected chi connectivity index (χ1v) is 10.4. The molecule has 0 aliphatic carbocycles. The van der Waals surface area contributed by atoms with Crippen molar-refractivity contribution in [1.29, 1.82) is 0 Å². The number of rotatable bonds is 7. The highest BCUT2D eigenvalue weighted by Gasteiger charge is 2.20. The largest absolute Gasteiger partial charge is 0.494 e. The van der Waals surface area contributed by atoms with Crippen LogP contribution in [0.4, 0.5) is 13.2 Å². The number of aliphatic imine (C=N–C) groups is 1. The van der Waals surface area contributed by atoms with Gasteiger partial charge in [-0.3, -0.25) is 9.89 Å². The molecule has 168 valence electrons. The lowest BCUT2D eigenvalue weighted by Gasteiger charge is -2.33. The van der Waals surface area contributed by atoms with E-state index >= 15 is 0 Å². The van der Waals surface area contributed by atoms with Crippen LogP contribution in [-0.4, -0.2) is 50.7 Å². The van der Waals surface area contributed by atoms with Gasteiger partial charge in [-0.15, -0.1) is 0 Å². The zero-order valence-corrected chi connectivity index (χ0v) is 17.9. The van der Waals surface area contributed by atoms with Gasteiger partial charge in [0.2, 0.25) is 0 Å². The van der Waals surface area contributed by atoms with Crippen molar-refractivity contribution in [3.8, 4) is 5.75 Å². The van der Waals surface area contributed by atoms with Crippen molar-refractivity contribution in [2.24, 2.45) is 4.99 Å². The summed E-state index contributed by atoms with van der Waals surface area (Å²) in [5.41, 5.74) is 1.26. The Balaban J connectivity index is 1.41. The van der Waals surface area contributed by atoms with Gasteiger partial charge in [0.15, 0.2) is 29.2 Å². The Kier molecular flexibility index (Phi) is 8.17. The maximum Gasteiger partial charge on any atom is 0.191 e. The highest BCUT2D eigenvalue weighted by atomic mass is 19.2. The number of hydrogen-bond acceptors (Lipinski definition) is 3. The molecule has 2 aromatic rings. The number of nitrogens with zero attached hydrogens (tertiary/aromatic N) is 2. The van der Waals surface area contributed by atoms with Crippen LogP contribution >= 0.6 is 0 Å². The highest BCUT2D eigenvalue weighted by Crippen LogP contribution is 2.20. The van der Waals surface area contributed by atoms with E-state index in [9.17, 15) is 13.2 Å². The molecule has 2 N–H and O–H groups in total. The highest BCUT2D eigenvalue weighted by molar-refractivity contribution is 5.79. The monoisotopic (exact) mass is 434 g/mol. The number of ether oxygens (including phenoxy) is 1. The smallest absolute Gasteiger partial charge is 0.191 e. The third kappa shape index (κ3) is 6.37. The van der Waals surface area contributed by atoms with Crippen molar-refractivity contribution in [3.63, 3.8) is 0 Å². The summed E-state index contributed by atoms with van der Waals surface area (Å²) < 4.78 is 45.9. The molecule has 1 aliphatic rings. The number of piperidine rings is 1. The van der Waals surface area contributed by atoms with Gasteiger partial charge in [-0.1, -0.05) is 18.2 Å². The Bertz CT molecular complexity index is 898. The number of nitrogens with one attached hydrogen (secondary N) is 2. The number of methoxy groups -OCH3 is 1. The van der Waals surface area contributed by atoms with E-state index in [-0.39, 0.29) is 17.6 Å². The Morgan fingerprint density at radius 1 is 1.13 bits per heavy atom. The first kappa shape index (κ1) is 22.9. The normalized spacial score (nSPS) is 15.7. The van der Waals surface area contributed by atoms with Crippen LogP contribution in [-0.2, 0) is 13.0 Å². The summed E-state index contributed by atoms with van der Waals surface area (Å²) >= 11 is 0. The summed E-state index contributed by atoms with van der Waals surface area (Å²) in [6.07, 6.45) is 2.22. The molecule has 3 rings (SSSR count). The van der Waals surface area contributed by atoms with E-state index in [1.54, 1.807) is 19.2 Å². The molecule has 0 amide bonds. The minimum absolute atomic E-state index is 0.255. The molecule has 31 heavy (non-hydrogen) atoms. The number of benzene rings is 2. The van der Waals surface area contributed by atoms with Crippen LogP contribution in [0.25, 0.3) is 0 Å². The summed E-state index contributed by atoms with van der Waals surface area (Å²) in [6, 6.07) is 9.54. The van der Waals surface area contributed by atoms with Gasteiger partial charge in [0.05, 0.1) is 7.11 Å². The van der Waals surface area contributed by atoms with Crippen LogP contribution in [0.3, 0.4) is 0 Å². The summed E-state index contributed by atoms with van der Waals surface area (Å²) in [4.78, 5) is 6.52. The molecule has 0 atom stereocenters. The van der Waals surface area contributed by atoms with Crippen LogP contribution in [0.5, 0.6) is 5.75 Å². The molecule has 1 aliphatic heterocycles. The minimum atomic E-state index is -0.829. The Labute approximate surface area is 181 Å². The summed E-state index contributed by atoms with van der Waals surface area (Å²) in [6.45, 7) is 2.91. The second-order valence-corrected chi connectivity index (χ2v) is 7.63. The first-order chi connectivity index (χ1) is 15.0. The molecule has 1 heterocycles. The summed E-state index contributed by atoms with van der Waals surface area (Å²) in [5.74, 6) is -1.07. The van der Waals surface area contributed by atoms with Crippen molar-refractivity contribution in [2.45, 2.75) is 31.8 Å². The van der Waals surface area contributed by atoms with Gasteiger partial charge >= 0.3 is 0 Å². The molecular weight excluding hydrogens is 405 g/mol. The topological polar surface area (TPSA) is 48.9 Å². The van der Waals surface area contributed by atoms with Crippen LogP contribution < -0.4 is 15.4 Å². The van der Waals surface area contributed by atoms with Crippen LogP contribution in [0, 0.1) is 17.5 Å². The molecule has 0 spiro atoms. The molecule has 5 nitrogen and oxygen atoms in total. The Hall–Kier alpha value is -2.74. The Morgan fingerprint density at radius 3 is 2.58 bits per heavy atom. The standard InChI is InChI=1S/C23H29F3N4O/c1-27-23(28-11-8-17-4-3-5-19(24)22(17)26)29-18-9-12-30(13-10-18)15-16-6-7-21(31-2)20(25)14-16/h3-7,14,18H,8-13,15H2,1-2H3,(H2,27,28,29). The average molecular weight is 435 g/mol. The van der Waals surface area contributed by atoms with Crippen molar-refractivity contribution in [1.82, 2.24) is 15.5 Å². The van der Waals surface area contributed by atoms with Crippen molar-refractivity contribution in [3.05, 3.63) is 65.0 Å².